The standard InChI is InChI=1S/C20H24N2O5S3/c1-3-22(16-8-9-30(25,26)12-16)19(23)14(2)27-20(24)17-6-4-5-7-18(17)29-11-15-10-28-13-21-15/h4-7,10,13-14,16H,3,8-9,11-12H2,1-2H3. The molecule has 2 atom stereocenters. The zero-order chi connectivity index (χ0) is 21.7. The van der Waals surface area contributed by atoms with Gasteiger partial charge in [0.25, 0.3) is 5.91 Å². The van der Waals surface area contributed by atoms with Gasteiger partial charge >= 0.3 is 5.97 Å². The third-order valence-corrected chi connectivity index (χ3v) is 8.36. The molecule has 1 amide bonds. The maximum atomic E-state index is 12.8. The predicted octanol–water partition coefficient (Wildman–Crippen LogP) is 3.02. The molecular formula is C20H24N2O5S3. The largest absolute Gasteiger partial charge is 0.449 e. The van der Waals surface area contributed by atoms with Crippen LogP contribution in [0.3, 0.4) is 0 Å². The summed E-state index contributed by atoms with van der Waals surface area (Å²) in [7, 11) is -3.12. The molecule has 0 saturated carbocycles. The number of sulfone groups is 1. The number of esters is 1. The van der Waals surface area contributed by atoms with Crippen molar-refractivity contribution in [3.63, 3.8) is 0 Å². The molecule has 162 valence electrons. The van der Waals surface area contributed by atoms with E-state index in [-0.39, 0.29) is 23.5 Å². The first-order valence-corrected chi connectivity index (χ1v) is 13.4. The average molecular weight is 469 g/mol. The summed E-state index contributed by atoms with van der Waals surface area (Å²) in [6.45, 7) is 3.68. The van der Waals surface area contributed by atoms with Gasteiger partial charge < -0.3 is 9.64 Å². The fourth-order valence-corrected chi connectivity index (χ4v) is 6.68. The Hall–Kier alpha value is -1.91. The predicted molar refractivity (Wildman–Crippen MR) is 117 cm³/mol. The summed E-state index contributed by atoms with van der Waals surface area (Å²) in [6.07, 6.45) is -0.587. The Morgan fingerprint density at radius 1 is 1.37 bits per heavy atom. The lowest BCUT2D eigenvalue weighted by Gasteiger charge is -2.29. The summed E-state index contributed by atoms with van der Waals surface area (Å²) in [4.78, 5) is 32.1. The summed E-state index contributed by atoms with van der Waals surface area (Å²) >= 11 is 3.00. The molecule has 0 bridgehead atoms. The van der Waals surface area contributed by atoms with E-state index in [2.05, 4.69) is 4.98 Å². The molecule has 30 heavy (non-hydrogen) atoms. The van der Waals surface area contributed by atoms with Gasteiger partial charge in [0.1, 0.15) is 0 Å². The van der Waals surface area contributed by atoms with E-state index in [1.54, 1.807) is 24.6 Å². The molecule has 2 unspecified atom stereocenters. The van der Waals surface area contributed by atoms with E-state index < -0.39 is 21.9 Å². The molecule has 1 aliphatic rings. The Morgan fingerprint density at radius 3 is 2.77 bits per heavy atom. The zero-order valence-electron chi connectivity index (χ0n) is 16.8. The number of thiazole rings is 1. The number of ether oxygens (including phenoxy) is 1. The van der Waals surface area contributed by atoms with Crippen LogP contribution in [0.25, 0.3) is 0 Å². The second-order valence-corrected chi connectivity index (χ2v) is 11.0. The van der Waals surface area contributed by atoms with Gasteiger partial charge in [0.2, 0.25) is 0 Å². The molecule has 1 saturated heterocycles. The molecule has 2 aromatic rings. The van der Waals surface area contributed by atoms with Crippen LogP contribution >= 0.6 is 23.1 Å². The average Bonchev–Trinajstić information content (AvgIpc) is 3.36. The van der Waals surface area contributed by atoms with Crippen molar-refractivity contribution in [3.05, 3.63) is 46.4 Å². The minimum Gasteiger partial charge on any atom is -0.449 e. The first kappa shape index (κ1) is 22.8. The Labute approximate surface area is 184 Å². The van der Waals surface area contributed by atoms with Crippen molar-refractivity contribution in [1.29, 1.82) is 0 Å². The van der Waals surface area contributed by atoms with Gasteiger partial charge in [-0.15, -0.1) is 23.1 Å². The highest BCUT2D eigenvalue weighted by Gasteiger charge is 2.36. The lowest BCUT2D eigenvalue weighted by molar-refractivity contribution is -0.141. The normalized spacial score (nSPS) is 18.7. The second-order valence-electron chi connectivity index (χ2n) is 6.99. The molecule has 10 heteroatoms. The summed E-state index contributed by atoms with van der Waals surface area (Å²) in [5, 5.41) is 1.96. The number of thioether (sulfide) groups is 1. The van der Waals surface area contributed by atoms with Crippen LogP contribution in [0.2, 0.25) is 0 Å². The van der Waals surface area contributed by atoms with E-state index in [1.165, 1.54) is 34.9 Å². The van der Waals surface area contributed by atoms with Gasteiger partial charge in [0.15, 0.2) is 15.9 Å². The Kier molecular flexibility index (Phi) is 7.54. The molecule has 1 aliphatic heterocycles. The summed E-state index contributed by atoms with van der Waals surface area (Å²) in [5.41, 5.74) is 3.09. The molecule has 0 aliphatic carbocycles. The third-order valence-electron chi connectivity index (χ3n) is 4.87. The number of aromatic nitrogens is 1. The third kappa shape index (κ3) is 5.61. The number of benzene rings is 1. The molecule has 7 nitrogen and oxygen atoms in total. The molecular weight excluding hydrogens is 444 g/mol. The number of carbonyl (C=O) groups is 2. The van der Waals surface area contributed by atoms with Crippen LogP contribution in [0.1, 0.15) is 36.3 Å². The van der Waals surface area contributed by atoms with Gasteiger partial charge in [0.05, 0.1) is 28.3 Å². The minimum atomic E-state index is -3.12. The van der Waals surface area contributed by atoms with Crippen LogP contribution in [0, 0.1) is 0 Å². The van der Waals surface area contributed by atoms with Gasteiger partial charge in [-0.25, -0.2) is 18.2 Å². The number of hydrogen-bond acceptors (Lipinski definition) is 8. The molecule has 2 heterocycles. The first-order chi connectivity index (χ1) is 14.3. The Balaban J connectivity index is 1.65. The van der Waals surface area contributed by atoms with Crippen molar-refractivity contribution < 1.29 is 22.7 Å². The van der Waals surface area contributed by atoms with Crippen molar-refractivity contribution in [2.75, 3.05) is 18.1 Å². The van der Waals surface area contributed by atoms with Crippen molar-refractivity contribution >= 4 is 44.8 Å². The first-order valence-electron chi connectivity index (χ1n) is 9.61. The molecule has 0 radical (unpaired) electrons. The highest BCUT2D eigenvalue weighted by atomic mass is 32.2. The fraction of sp³-hybridized carbons (Fsp3) is 0.450. The lowest BCUT2D eigenvalue weighted by Crippen LogP contribution is -2.46. The van der Waals surface area contributed by atoms with Gasteiger partial charge in [-0.1, -0.05) is 12.1 Å². The molecule has 1 aromatic heterocycles. The highest BCUT2D eigenvalue weighted by Crippen LogP contribution is 2.27. The number of rotatable bonds is 8. The maximum absolute atomic E-state index is 12.8. The maximum Gasteiger partial charge on any atom is 0.340 e. The van der Waals surface area contributed by atoms with E-state index in [1.807, 2.05) is 17.5 Å². The molecule has 0 spiro atoms. The van der Waals surface area contributed by atoms with Crippen molar-refractivity contribution in [2.45, 2.75) is 43.1 Å². The number of carbonyl (C=O) groups excluding carboxylic acids is 2. The van der Waals surface area contributed by atoms with Gasteiger partial charge in [-0.05, 0) is 32.4 Å². The Bertz CT molecular complexity index is 992. The molecule has 3 rings (SSSR count). The van der Waals surface area contributed by atoms with Crippen LogP contribution in [0.4, 0.5) is 0 Å². The van der Waals surface area contributed by atoms with Crippen LogP contribution in [0.15, 0.2) is 40.1 Å². The Morgan fingerprint density at radius 2 is 2.13 bits per heavy atom. The summed E-state index contributed by atoms with van der Waals surface area (Å²) in [6, 6.07) is 6.73. The van der Waals surface area contributed by atoms with Gasteiger partial charge in [-0.3, -0.25) is 4.79 Å². The number of likely N-dealkylation sites (N-methyl/N-ethyl adjacent to an activating group) is 1. The van der Waals surface area contributed by atoms with Gasteiger partial charge in [-0.2, -0.15) is 0 Å². The fourth-order valence-electron chi connectivity index (χ4n) is 3.34. The SMILES string of the molecule is CCN(C(=O)C(C)OC(=O)c1ccccc1SCc1cscn1)C1CCS(=O)(=O)C1. The lowest BCUT2D eigenvalue weighted by atomic mass is 10.2. The summed E-state index contributed by atoms with van der Waals surface area (Å²) in [5.74, 6) is -0.280. The monoisotopic (exact) mass is 468 g/mol. The second kappa shape index (κ2) is 9.93. The van der Waals surface area contributed by atoms with Crippen molar-refractivity contribution in [3.8, 4) is 0 Å². The number of amides is 1. The van der Waals surface area contributed by atoms with Gasteiger partial charge in [0, 0.05) is 28.6 Å². The smallest absolute Gasteiger partial charge is 0.340 e. The molecule has 1 aromatic carbocycles. The minimum absolute atomic E-state index is 0.0384. The van der Waals surface area contributed by atoms with E-state index in [0.29, 0.717) is 24.3 Å². The highest BCUT2D eigenvalue weighted by molar-refractivity contribution is 7.98. The van der Waals surface area contributed by atoms with Crippen LogP contribution < -0.4 is 0 Å². The molecule has 0 N–H and O–H groups in total. The van der Waals surface area contributed by atoms with E-state index in [0.717, 1.165) is 10.6 Å². The quantitative estimate of drug-likeness (QED) is 0.434. The number of nitrogens with zero attached hydrogens (tertiary/aromatic N) is 2. The topological polar surface area (TPSA) is 93.6 Å². The van der Waals surface area contributed by atoms with Crippen molar-refractivity contribution in [2.24, 2.45) is 0 Å². The van der Waals surface area contributed by atoms with E-state index in [4.69, 9.17) is 4.74 Å². The van der Waals surface area contributed by atoms with Crippen LogP contribution in [-0.4, -0.2) is 60.4 Å². The van der Waals surface area contributed by atoms with Crippen LogP contribution in [0.5, 0.6) is 0 Å². The number of hydrogen-bond donors (Lipinski definition) is 0. The van der Waals surface area contributed by atoms with E-state index in [9.17, 15) is 18.0 Å². The molecule has 1 fully saturated rings. The zero-order valence-corrected chi connectivity index (χ0v) is 19.3. The van der Waals surface area contributed by atoms with E-state index >= 15 is 0 Å². The van der Waals surface area contributed by atoms with Crippen LogP contribution in [-0.2, 0) is 25.1 Å². The summed E-state index contributed by atoms with van der Waals surface area (Å²) < 4.78 is 29.0. The van der Waals surface area contributed by atoms with Crippen molar-refractivity contribution in [1.82, 2.24) is 9.88 Å².